The molecule has 0 unspecified atom stereocenters. The normalized spacial score (nSPS) is 11.0. The van der Waals surface area contributed by atoms with Crippen LogP contribution in [-0.4, -0.2) is 39.1 Å². The summed E-state index contributed by atoms with van der Waals surface area (Å²) in [5.41, 5.74) is 6.10. The molecular weight excluding hydrogens is 270 g/mol. The molecule has 0 aliphatic heterocycles. The Labute approximate surface area is 112 Å². The molecule has 7 heteroatoms. The standard InChI is InChI=1S/C12H17NO5S/c1-2-17-12(14)9-19(15,16)8-7-18-11-5-3-10(13)4-6-11/h3-6H,2,7-9,13H2,1H3. The van der Waals surface area contributed by atoms with Crippen molar-refractivity contribution >= 4 is 21.5 Å². The van der Waals surface area contributed by atoms with E-state index in [-0.39, 0.29) is 19.0 Å². The third-order valence-corrected chi connectivity index (χ3v) is 3.65. The van der Waals surface area contributed by atoms with Crippen molar-refractivity contribution in [3.8, 4) is 5.75 Å². The average Bonchev–Trinajstić information content (AvgIpc) is 2.31. The zero-order valence-corrected chi connectivity index (χ0v) is 11.5. The molecule has 0 bridgehead atoms. The molecule has 1 aromatic carbocycles. The van der Waals surface area contributed by atoms with Crippen molar-refractivity contribution in [2.45, 2.75) is 6.92 Å². The molecule has 0 aromatic heterocycles. The fourth-order valence-electron chi connectivity index (χ4n) is 1.30. The Kier molecular flexibility index (Phi) is 5.62. The molecule has 0 saturated carbocycles. The predicted octanol–water partition coefficient (Wildman–Crippen LogP) is 0.625. The van der Waals surface area contributed by atoms with Crippen LogP contribution in [0.4, 0.5) is 5.69 Å². The van der Waals surface area contributed by atoms with Crippen LogP contribution in [0.3, 0.4) is 0 Å². The monoisotopic (exact) mass is 287 g/mol. The second-order valence-electron chi connectivity index (χ2n) is 3.81. The van der Waals surface area contributed by atoms with E-state index in [1.54, 1.807) is 31.2 Å². The Morgan fingerprint density at radius 2 is 1.89 bits per heavy atom. The quantitative estimate of drug-likeness (QED) is 0.583. The lowest BCUT2D eigenvalue weighted by atomic mass is 10.3. The van der Waals surface area contributed by atoms with Gasteiger partial charge in [-0.05, 0) is 31.2 Å². The lowest BCUT2D eigenvalue weighted by Gasteiger charge is -2.07. The smallest absolute Gasteiger partial charge is 0.321 e. The summed E-state index contributed by atoms with van der Waals surface area (Å²) in [7, 11) is -3.51. The van der Waals surface area contributed by atoms with E-state index in [4.69, 9.17) is 10.5 Å². The Bertz CT molecular complexity index is 509. The first-order valence-electron chi connectivity index (χ1n) is 5.77. The minimum atomic E-state index is -3.51. The van der Waals surface area contributed by atoms with Gasteiger partial charge in [0.2, 0.25) is 0 Å². The minimum Gasteiger partial charge on any atom is -0.493 e. The van der Waals surface area contributed by atoms with Crippen LogP contribution in [0.1, 0.15) is 6.92 Å². The van der Waals surface area contributed by atoms with E-state index in [2.05, 4.69) is 4.74 Å². The Morgan fingerprint density at radius 3 is 2.47 bits per heavy atom. The average molecular weight is 287 g/mol. The lowest BCUT2D eigenvalue weighted by molar-refractivity contribution is -0.139. The highest BCUT2D eigenvalue weighted by Gasteiger charge is 2.17. The fraction of sp³-hybridized carbons (Fsp3) is 0.417. The number of esters is 1. The van der Waals surface area contributed by atoms with Gasteiger partial charge in [0.25, 0.3) is 0 Å². The van der Waals surface area contributed by atoms with Crippen LogP contribution >= 0.6 is 0 Å². The van der Waals surface area contributed by atoms with Gasteiger partial charge < -0.3 is 15.2 Å². The highest BCUT2D eigenvalue weighted by Crippen LogP contribution is 2.12. The van der Waals surface area contributed by atoms with Gasteiger partial charge in [-0.1, -0.05) is 0 Å². The van der Waals surface area contributed by atoms with Gasteiger partial charge in [0.15, 0.2) is 9.84 Å². The second-order valence-corrected chi connectivity index (χ2v) is 6.00. The second kappa shape index (κ2) is 6.98. The van der Waals surface area contributed by atoms with Crippen LogP contribution in [0.15, 0.2) is 24.3 Å². The summed E-state index contributed by atoms with van der Waals surface area (Å²) in [5.74, 6) is -1.07. The van der Waals surface area contributed by atoms with Crippen molar-refractivity contribution in [2.24, 2.45) is 0 Å². The van der Waals surface area contributed by atoms with Gasteiger partial charge in [0.05, 0.1) is 12.4 Å². The van der Waals surface area contributed by atoms with Gasteiger partial charge in [0.1, 0.15) is 18.1 Å². The molecule has 0 spiro atoms. The number of benzene rings is 1. The number of anilines is 1. The molecular formula is C12H17NO5S. The van der Waals surface area contributed by atoms with E-state index in [0.29, 0.717) is 11.4 Å². The van der Waals surface area contributed by atoms with Crippen molar-refractivity contribution in [2.75, 3.05) is 30.5 Å². The zero-order chi connectivity index (χ0) is 14.3. The van der Waals surface area contributed by atoms with Crippen LogP contribution in [0.5, 0.6) is 5.75 Å². The molecule has 2 N–H and O–H groups in total. The molecule has 0 heterocycles. The van der Waals surface area contributed by atoms with Crippen LogP contribution in [0, 0.1) is 0 Å². The third kappa shape index (κ3) is 6.10. The SMILES string of the molecule is CCOC(=O)CS(=O)(=O)CCOc1ccc(N)cc1. The number of hydrogen-bond donors (Lipinski definition) is 1. The molecule has 0 atom stereocenters. The number of carbonyl (C=O) groups excluding carboxylic acids is 1. The highest BCUT2D eigenvalue weighted by molar-refractivity contribution is 7.92. The van der Waals surface area contributed by atoms with Gasteiger partial charge >= 0.3 is 5.97 Å². The van der Waals surface area contributed by atoms with Crippen molar-refractivity contribution in [1.82, 2.24) is 0 Å². The highest BCUT2D eigenvalue weighted by atomic mass is 32.2. The molecule has 0 aliphatic rings. The number of hydrogen-bond acceptors (Lipinski definition) is 6. The number of nitrogen functional groups attached to an aromatic ring is 1. The summed E-state index contributed by atoms with van der Waals surface area (Å²) < 4.78 is 33.0. The Morgan fingerprint density at radius 1 is 1.26 bits per heavy atom. The third-order valence-electron chi connectivity index (χ3n) is 2.19. The van der Waals surface area contributed by atoms with E-state index in [0.717, 1.165) is 0 Å². The lowest BCUT2D eigenvalue weighted by Crippen LogP contribution is -2.23. The first-order valence-corrected chi connectivity index (χ1v) is 7.59. The number of nitrogens with two attached hydrogens (primary N) is 1. The van der Waals surface area contributed by atoms with E-state index in [9.17, 15) is 13.2 Å². The summed E-state index contributed by atoms with van der Waals surface area (Å²) in [4.78, 5) is 11.1. The van der Waals surface area contributed by atoms with Gasteiger partial charge in [0, 0.05) is 5.69 Å². The number of ether oxygens (including phenoxy) is 2. The van der Waals surface area contributed by atoms with Gasteiger partial charge in [-0.3, -0.25) is 4.79 Å². The summed E-state index contributed by atoms with van der Waals surface area (Å²) in [5, 5.41) is 0. The van der Waals surface area contributed by atoms with Gasteiger partial charge in [-0.25, -0.2) is 8.42 Å². The molecule has 1 aromatic rings. The molecule has 0 fully saturated rings. The number of sulfone groups is 1. The van der Waals surface area contributed by atoms with Crippen LogP contribution < -0.4 is 10.5 Å². The Hall–Kier alpha value is -1.76. The molecule has 19 heavy (non-hydrogen) atoms. The molecule has 0 saturated heterocycles. The van der Waals surface area contributed by atoms with E-state index in [1.165, 1.54) is 0 Å². The number of carbonyl (C=O) groups is 1. The molecule has 0 amide bonds. The molecule has 0 radical (unpaired) electrons. The van der Waals surface area contributed by atoms with Crippen LogP contribution in [0.25, 0.3) is 0 Å². The van der Waals surface area contributed by atoms with Gasteiger partial charge in [-0.2, -0.15) is 0 Å². The van der Waals surface area contributed by atoms with Crippen molar-refractivity contribution in [3.05, 3.63) is 24.3 Å². The van der Waals surface area contributed by atoms with E-state index < -0.39 is 21.6 Å². The van der Waals surface area contributed by atoms with Crippen LogP contribution in [-0.2, 0) is 19.4 Å². The molecule has 1 rings (SSSR count). The van der Waals surface area contributed by atoms with Crippen molar-refractivity contribution in [3.63, 3.8) is 0 Å². The first kappa shape index (κ1) is 15.3. The Balaban J connectivity index is 2.39. The topological polar surface area (TPSA) is 95.7 Å². The minimum absolute atomic E-state index is 0.0222. The maximum atomic E-state index is 11.6. The summed E-state index contributed by atoms with van der Waals surface area (Å²) in [6, 6.07) is 6.60. The summed E-state index contributed by atoms with van der Waals surface area (Å²) in [6.07, 6.45) is 0. The summed E-state index contributed by atoms with van der Waals surface area (Å²) in [6.45, 7) is 1.76. The van der Waals surface area contributed by atoms with Crippen LogP contribution in [0.2, 0.25) is 0 Å². The first-order chi connectivity index (χ1) is 8.93. The maximum absolute atomic E-state index is 11.6. The van der Waals surface area contributed by atoms with E-state index in [1.807, 2.05) is 0 Å². The van der Waals surface area contributed by atoms with Crippen molar-refractivity contribution < 1.29 is 22.7 Å². The fourth-order valence-corrected chi connectivity index (χ4v) is 2.23. The molecule has 106 valence electrons. The molecule has 0 aliphatic carbocycles. The largest absolute Gasteiger partial charge is 0.493 e. The number of rotatable bonds is 7. The molecule has 6 nitrogen and oxygen atoms in total. The summed E-state index contributed by atoms with van der Waals surface area (Å²) >= 11 is 0. The predicted molar refractivity (Wildman–Crippen MR) is 71.6 cm³/mol. The maximum Gasteiger partial charge on any atom is 0.321 e. The van der Waals surface area contributed by atoms with E-state index >= 15 is 0 Å². The van der Waals surface area contributed by atoms with Crippen molar-refractivity contribution in [1.29, 1.82) is 0 Å². The van der Waals surface area contributed by atoms with Gasteiger partial charge in [-0.15, -0.1) is 0 Å². The zero-order valence-electron chi connectivity index (χ0n) is 10.7.